The molecule has 0 spiro atoms. The Labute approximate surface area is 152 Å². The molecule has 0 saturated carbocycles. The molecule has 0 atom stereocenters. The third-order valence-corrected chi connectivity index (χ3v) is 4.45. The third kappa shape index (κ3) is 4.50. The van der Waals surface area contributed by atoms with Crippen LogP contribution in [0.2, 0.25) is 0 Å². The summed E-state index contributed by atoms with van der Waals surface area (Å²) in [7, 11) is -2.63. The van der Waals surface area contributed by atoms with Crippen LogP contribution in [0, 0.1) is 5.82 Å². The van der Waals surface area contributed by atoms with Gasteiger partial charge in [-0.3, -0.25) is 9.78 Å². The van der Waals surface area contributed by atoms with Crippen LogP contribution in [-0.4, -0.2) is 25.7 Å². The van der Waals surface area contributed by atoms with E-state index in [1.807, 2.05) is 6.07 Å². The predicted molar refractivity (Wildman–Crippen MR) is 98.2 cm³/mol. The first kappa shape index (κ1) is 18.2. The Hall–Kier alpha value is -2.64. The van der Waals surface area contributed by atoms with Gasteiger partial charge < -0.3 is 0 Å². The number of halogens is 1. The number of thiol groups is 1. The molecule has 0 aliphatic rings. The lowest BCUT2D eigenvalue weighted by Crippen LogP contribution is -2.13. The highest BCUT2D eigenvalue weighted by Gasteiger charge is 2.12. The molecule has 0 bridgehead atoms. The lowest BCUT2D eigenvalue weighted by atomic mass is 9.98. The zero-order valence-corrected chi connectivity index (χ0v) is 14.7. The van der Waals surface area contributed by atoms with Crippen molar-refractivity contribution in [3.63, 3.8) is 0 Å². The average Bonchev–Trinajstić information content (AvgIpc) is 2.63. The third-order valence-electron chi connectivity index (χ3n) is 3.97. The SMILES string of the molecule is O=C(c1cc(F)cc(CCCN[SH](=O)=O)c1)c1ccc2ncccc2c1. The van der Waals surface area contributed by atoms with Gasteiger partial charge in [0.15, 0.2) is 5.78 Å². The van der Waals surface area contributed by atoms with Gasteiger partial charge >= 0.3 is 0 Å². The van der Waals surface area contributed by atoms with Crippen LogP contribution >= 0.6 is 0 Å². The second-order valence-corrected chi connectivity index (χ2v) is 6.69. The van der Waals surface area contributed by atoms with Crippen molar-refractivity contribution in [1.82, 2.24) is 9.71 Å². The number of nitrogens with one attached hydrogen (secondary N) is 1. The molecule has 0 amide bonds. The van der Waals surface area contributed by atoms with Crippen molar-refractivity contribution in [2.75, 3.05) is 6.54 Å². The van der Waals surface area contributed by atoms with Crippen LogP contribution in [-0.2, 0) is 17.3 Å². The van der Waals surface area contributed by atoms with Crippen LogP contribution in [0.15, 0.2) is 54.7 Å². The molecule has 1 heterocycles. The number of fused-ring (bicyclic) bond motifs is 1. The van der Waals surface area contributed by atoms with Gasteiger partial charge in [0.25, 0.3) is 0 Å². The van der Waals surface area contributed by atoms with Crippen molar-refractivity contribution < 1.29 is 17.6 Å². The van der Waals surface area contributed by atoms with Crippen molar-refractivity contribution in [3.05, 3.63) is 77.2 Å². The molecule has 1 aromatic heterocycles. The number of hydrogen-bond acceptors (Lipinski definition) is 4. The zero-order chi connectivity index (χ0) is 18.5. The Morgan fingerprint density at radius 1 is 1.08 bits per heavy atom. The minimum atomic E-state index is -2.63. The highest BCUT2D eigenvalue weighted by atomic mass is 32.2. The van der Waals surface area contributed by atoms with Gasteiger partial charge in [-0.1, -0.05) is 6.07 Å². The highest BCUT2D eigenvalue weighted by molar-refractivity contribution is 7.70. The van der Waals surface area contributed by atoms with E-state index < -0.39 is 16.7 Å². The number of pyridine rings is 1. The molecule has 0 fully saturated rings. The Kier molecular flexibility index (Phi) is 5.70. The number of carbonyl (C=O) groups is 1. The fourth-order valence-corrected chi connectivity index (χ4v) is 3.11. The highest BCUT2D eigenvalue weighted by Crippen LogP contribution is 2.19. The van der Waals surface area contributed by atoms with Crippen LogP contribution in [0.4, 0.5) is 4.39 Å². The summed E-state index contributed by atoms with van der Waals surface area (Å²) in [5.41, 5.74) is 2.17. The van der Waals surface area contributed by atoms with Crippen LogP contribution in [0.3, 0.4) is 0 Å². The number of hydrogen-bond donors (Lipinski definition) is 2. The monoisotopic (exact) mass is 372 g/mol. The van der Waals surface area contributed by atoms with Crippen molar-refractivity contribution >= 4 is 27.6 Å². The molecule has 1 N–H and O–H groups in total. The molecule has 26 heavy (non-hydrogen) atoms. The van der Waals surface area contributed by atoms with Crippen LogP contribution in [0.1, 0.15) is 27.9 Å². The van der Waals surface area contributed by atoms with E-state index in [-0.39, 0.29) is 17.9 Å². The molecule has 2 aromatic carbocycles. The summed E-state index contributed by atoms with van der Waals surface area (Å²) >= 11 is 0. The molecule has 3 rings (SSSR count). The normalized spacial score (nSPS) is 11.2. The Morgan fingerprint density at radius 3 is 2.73 bits per heavy atom. The molecular weight excluding hydrogens is 355 g/mol. The van der Waals surface area contributed by atoms with Gasteiger partial charge in [-0.2, -0.15) is 0 Å². The van der Waals surface area contributed by atoms with E-state index >= 15 is 0 Å². The van der Waals surface area contributed by atoms with Crippen LogP contribution in [0.5, 0.6) is 0 Å². The predicted octanol–water partition coefficient (Wildman–Crippen LogP) is 2.65. The summed E-state index contributed by atoms with van der Waals surface area (Å²) in [6.07, 6.45) is 2.67. The van der Waals surface area contributed by atoms with Gasteiger partial charge in [-0.25, -0.2) is 17.5 Å². The molecule has 0 radical (unpaired) electrons. The molecule has 5 nitrogen and oxygen atoms in total. The van der Waals surface area contributed by atoms with Gasteiger partial charge in [0.05, 0.1) is 5.52 Å². The summed E-state index contributed by atoms with van der Waals surface area (Å²) in [5.74, 6) is -0.756. The van der Waals surface area contributed by atoms with Crippen molar-refractivity contribution in [2.24, 2.45) is 0 Å². The summed E-state index contributed by atoms with van der Waals surface area (Å²) in [6, 6.07) is 13.1. The molecule has 7 heteroatoms. The number of aryl methyl sites for hydroxylation is 1. The maximum Gasteiger partial charge on any atom is 0.201 e. The first-order valence-electron chi connectivity index (χ1n) is 8.10. The van der Waals surface area contributed by atoms with E-state index in [1.165, 1.54) is 12.1 Å². The summed E-state index contributed by atoms with van der Waals surface area (Å²) in [4.78, 5) is 17.0. The molecule has 0 aliphatic heterocycles. The fraction of sp³-hybridized carbons (Fsp3) is 0.158. The summed E-state index contributed by atoms with van der Waals surface area (Å²) in [6.45, 7) is 0.274. The topological polar surface area (TPSA) is 76.1 Å². The zero-order valence-electron chi connectivity index (χ0n) is 13.8. The maximum atomic E-state index is 13.9. The number of aromatic nitrogens is 1. The van der Waals surface area contributed by atoms with Crippen LogP contribution < -0.4 is 4.72 Å². The number of rotatable bonds is 7. The van der Waals surface area contributed by atoms with Crippen LogP contribution in [0.25, 0.3) is 10.9 Å². The number of ketones is 1. The lowest BCUT2D eigenvalue weighted by Gasteiger charge is -2.07. The fourth-order valence-electron chi connectivity index (χ4n) is 2.77. The van der Waals surface area contributed by atoms with Crippen molar-refractivity contribution in [3.8, 4) is 0 Å². The molecule has 0 aliphatic carbocycles. The molecule has 134 valence electrons. The Balaban J connectivity index is 1.81. The van der Waals surface area contributed by atoms with Crippen molar-refractivity contribution in [2.45, 2.75) is 12.8 Å². The first-order valence-corrected chi connectivity index (χ1v) is 9.27. The van der Waals surface area contributed by atoms with Gasteiger partial charge in [0, 0.05) is 29.3 Å². The van der Waals surface area contributed by atoms with Gasteiger partial charge in [-0.15, -0.1) is 0 Å². The van der Waals surface area contributed by atoms with E-state index in [1.54, 1.807) is 36.5 Å². The average molecular weight is 372 g/mol. The Morgan fingerprint density at radius 2 is 1.92 bits per heavy atom. The van der Waals surface area contributed by atoms with E-state index in [4.69, 9.17) is 0 Å². The van der Waals surface area contributed by atoms with Crippen molar-refractivity contribution in [1.29, 1.82) is 0 Å². The second-order valence-electron chi connectivity index (χ2n) is 5.86. The number of nitrogens with zero attached hydrogens (tertiary/aromatic N) is 1. The standard InChI is InChI=1S/C19H17FN2O3S/c20-17-10-13(3-1-8-22-26(24)25)9-16(12-17)19(23)15-5-6-18-14(11-15)4-2-7-21-18/h2,4-7,9-12,26H,1,3,8H2,(H,22,24,25). The largest absolute Gasteiger partial charge is 0.289 e. The summed E-state index contributed by atoms with van der Waals surface area (Å²) < 4.78 is 37.2. The van der Waals surface area contributed by atoms with E-state index in [2.05, 4.69) is 9.71 Å². The molecule has 0 saturated heterocycles. The minimum absolute atomic E-state index is 0.266. The number of benzene rings is 2. The van der Waals surface area contributed by atoms with Gasteiger partial charge in [0.1, 0.15) is 5.82 Å². The van der Waals surface area contributed by atoms with Gasteiger partial charge in [-0.05, 0) is 60.9 Å². The second kappa shape index (κ2) is 8.16. The molecule has 3 aromatic rings. The number of carbonyl (C=O) groups excluding carboxylic acids is 1. The minimum Gasteiger partial charge on any atom is -0.289 e. The van der Waals surface area contributed by atoms with E-state index in [0.717, 1.165) is 10.9 Å². The first-order chi connectivity index (χ1) is 12.5. The summed E-state index contributed by atoms with van der Waals surface area (Å²) in [5, 5.41) is 0.841. The Bertz CT molecular complexity index is 1030. The molecular formula is C19H17FN2O3S. The van der Waals surface area contributed by atoms with E-state index in [9.17, 15) is 17.6 Å². The van der Waals surface area contributed by atoms with Gasteiger partial charge in [0.2, 0.25) is 10.9 Å². The van der Waals surface area contributed by atoms with E-state index in [0.29, 0.717) is 24.0 Å². The quantitative estimate of drug-likeness (QED) is 0.380. The maximum absolute atomic E-state index is 13.9. The molecule has 0 unspecified atom stereocenters. The lowest BCUT2D eigenvalue weighted by molar-refractivity contribution is 0.103. The smallest absolute Gasteiger partial charge is 0.201 e.